The number of thiophene rings is 1. The number of Topliss-reactive ketones (excluding diaryl/α,β-unsaturated/α-hetero) is 1. The largest absolute Gasteiger partial charge is 0.328 e. The van der Waals surface area contributed by atoms with Gasteiger partial charge in [0.15, 0.2) is 5.78 Å². The van der Waals surface area contributed by atoms with E-state index < -0.39 is 0 Å². The molecule has 0 atom stereocenters. The van der Waals surface area contributed by atoms with Crippen molar-refractivity contribution in [3.8, 4) is 0 Å². The van der Waals surface area contributed by atoms with Crippen molar-refractivity contribution < 1.29 is 14.5 Å². The molecule has 1 aromatic carbocycles. The van der Waals surface area contributed by atoms with Gasteiger partial charge in [-0.1, -0.05) is 30.3 Å². The Balaban J connectivity index is 1.55. The molecule has 1 saturated heterocycles. The van der Waals surface area contributed by atoms with Crippen molar-refractivity contribution >= 4 is 23.0 Å². The molecule has 2 aromatic rings. The second-order valence-corrected chi connectivity index (χ2v) is 7.01. The summed E-state index contributed by atoms with van der Waals surface area (Å²) in [6.45, 7) is 6.02. The summed E-state index contributed by atoms with van der Waals surface area (Å²) in [5.41, 5.74) is 1.34. The lowest BCUT2D eigenvalue weighted by molar-refractivity contribution is -0.917. The number of quaternary nitrogens is 1. The zero-order valence-electron chi connectivity index (χ0n) is 13.2. The van der Waals surface area contributed by atoms with Crippen molar-refractivity contribution in [2.75, 3.05) is 26.2 Å². The van der Waals surface area contributed by atoms with E-state index in [1.807, 2.05) is 11.0 Å². The minimum Gasteiger partial charge on any atom is -0.328 e. The number of piperazine rings is 1. The van der Waals surface area contributed by atoms with Gasteiger partial charge in [-0.3, -0.25) is 9.59 Å². The van der Waals surface area contributed by atoms with Gasteiger partial charge >= 0.3 is 0 Å². The van der Waals surface area contributed by atoms with Gasteiger partial charge in [-0.25, -0.2) is 0 Å². The highest BCUT2D eigenvalue weighted by Gasteiger charge is 2.25. The Kier molecular flexibility index (Phi) is 4.88. The second-order valence-electron chi connectivity index (χ2n) is 5.92. The number of amides is 1. The van der Waals surface area contributed by atoms with E-state index in [2.05, 4.69) is 24.3 Å². The molecular weight excluding hydrogens is 308 g/mol. The number of hydrogen-bond acceptors (Lipinski definition) is 3. The summed E-state index contributed by atoms with van der Waals surface area (Å²) < 4.78 is 0. The predicted molar refractivity (Wildman–Crippen MR) is 91.1 cm³/mol. The lowest BCUT2D eigenvalue weighted by atomic mass is 10.2. The summed E-state index contributed by atoms with van der Waals surface area (Å²) in [4.78, 5) is 28.6. The monoisotopic (exact) mass is 329 g/mol. The van der Waals surface area contributed by atoms with Crippen LogP contribution in [0.25, 0.3) is 0 Å². The van der Waals surface area contributed by atoms with Crippen LogP contribution in [0.3, 0.4) is 0 Å². The van der Waals surface area contributed by atoms with Gasteiger partial charge < -0.3 is 9.80 Å². The van der Waals surface area contributed by atoms with E-state index in [1.54, 1.807) is 12.1 Å². The van der Waals surface area contributed by atoms with E-state index in [4.69, 9.17) is 0 Å². The van der Waals surface area contributed by atoms with E-state index in [1.165, 1.54) is 28.7 Å². The van der Waals surface area contributed by atoms with Crippen LogP contribution in [0.1, 0.15) is 31.8 Å². The molecule has 0 saturated carbocycles. The molecule has 0 bridgehead atoms. The molecule has 3 rings (SSSR count). The Morgan fingerprint density at radius 3 is 2.30 bits per heavy atom. The minimum absolute atomic E-state index is 0.0196. The van der Waals surface area contributed by atoms with Gasteiger partial charge in [-0.2, -0.15) is 0 Å². The van der Waals surface area contributed by atoms with Crippen molar-refractivity contribution in [3.05, 3.63) is 57.8 Å². The first-order valence-corrected chi connectivity index (χ1v) is 8.72. The highest BCUT2D eigenvalue weighted by molar-refractivity contribution is 7.15. The number of nitrogens with one attached hydrogen (secondary N) is 1. The van der Waals surface area contributed by atoms with Crippen LogP contribution in [0.2, 0.25) is 0 Å². The molecule has 1 aliphatic rings. The average molecular weight is 329 g/mol. The Morgan fingerprint density at radius 1 is 1.04 bits per heavy atom. The van der Waals surface area contributed by atoms with Crippen molar-refractivity contribution in [1.29, 1.82) is 0 Å². The summed E-state index contributed by atoms with van der Waals surface area (Å²) in [6.07, 6.45) is 0. The predicted octanol–water partition coefficient (Wildman–Crippen LogP) is 1.49. The van der Waals surface area contributed by atoms with Gasteiger partial charge in [-0.15, -0.1) is 11.3 Å². The van der Waals surface area contributed by atoms with Crippen LogP contribution >= 0.6 is 11.3 Å². The fourth-order valence-electron chi connectivity index (χ4n) is 2.89. The van der Waals surface area contributed by atoms with Crippen LogP contribution in [0.5, 0.6) is 0 Å². The summed E-state index contributed by atoms with van der Waals surface area (Å²) in [7, 11) is 0. The number of carbonyl (C=O) groups excluding carboxylic acids is 2. The molecule has 1 aromatic heterocycles. The molecule has 1 amide bonds. The van der Waals surface area contributed by atoms with Crippen molar-refractivity contribution in [3.63, 3.8) is 0 Å². The number of hydrogen-bond donors (Lipinski definition) is 1. The van der Waals surface area contributed by atoms with Crippen LogP contribution < -0.4 is 4.90 Å². The normalized spacial score (nSPS) is 15.6. The highest BCUT2D eigenvalue weighted by atomic mass is 32.1. The highest BCUT2D eigenvalue weighted by Crippen LogP contribution is 2.19. The quantitative estimate of drug-likeness (QED) is 0.864. The van der Waals surface area contributed by atoms with Crippen LogP contribution in [-0.2, 0) is 6.54 Å². The first kappa shape index (κ1) is 15.9. The van der Waals surface area contributed by atoms with Crippen LogP contribution in [0.15, 0.2) is 42.5 Å². The van der Waals surface area contributed by atoms with E-state index in [0.29, 0.717) is 9.75 Å². The third-order valence-electron chi connectivity index (χ3n) is 4.22. The number of rotatable bonds is 4. The first-order chi connectivity index (χ1) is 11.1. The molecule has 1 fully saturated rings. The van der Waals surface area contributed by atoms with Gasteiger partial charge in [0.2, 0.25) is 0 Å². The Labute approximate surface area is 140 Å². The van der Waals surface area contributed by atoms with Crippen molar-refractivity contribution in [1.82, 2.24) is 4.90 Å². The average Bonchev–Trinajstić information content (AvgIpc) is 3.06. The van der Waals surface area contributed by atoms with Gasteiger partial charge in [0, 0.05) is 5.56 Å². The molecule has 1 aliphatic heterocycles. The SMILES string of the molecule is CC(=O)c1ccc(C(=O)N2CC[NH+](Cc3ccccc3)CC2)s1. The topological polar surface area (TPSA) is 41.8 Å². The van der Waals surface area contributed by atoms with Crippen LogP contribution in [0, 0.1) is 0 Å². The second kappa shape index (κ2) is 7.06. The number of carbonyl (C=O) groups is 2. The third kappa shape index (κ3) is 3.86. The Hall–Kier alpha value is -1.98. The number of ketones is 1. The smallest absolute Gasteiger partial charge is 0.264 e. The molecule has 0 radical (unpaired) electrons. The van der Waals surface area contributed by atoms with E-state index >= 15 is 0 Å². The summed E-state index contributed by atoms with van der Waals surface area (Å²) >= 11 is 1.30. The number of benzene rings is 1. The lowest BCUT2D eigenvalue weighted by Gasteiger charge is -2.32. The molecule has 5 heteroatoms. The molecule has 4 nitrogen and oxygen atoms in total. The maximum atomic E-state index is 12.5. The zero-order chi connectivity index (χ0) is 16.2. The van der Waals surface area contributed by atoms with E-state index in [0.717, 1.165) is 32.7 Å². The maximum absolute atomic E-state index is 12.5. The van der Waals surface area contributed by atoms with E-state index in [-0.39, 0.29) is 11.7 Å². The Morgan fingerprint density at radius 2 is 1.70 bits per heavy atom. The van der Waals surface area contributed by atoms with Gasteiger partial charge in [-0.05, 0) is 19.1 Å². The summed E-state index contributed by atoms with van der Waals surface area (Å²) in [5.74, 6) is 0.0763. The van der Waals surface area contributed by atoms with Crippen molar-refractivity contribution in [2.45, 2.75) is 13.5 Å². The fraction of sp³-hybridized carbons (Fsp3) is 0.333. The molecule has 2 heterocycles. The molecule has 120 valence electrons. The minimum atomic E-state index is 0.0196. The first-order valence-electron chi connectivity index (χ1n) is 7.91. The third-order valence-corrected chi connectivity index (χ3v) is 5.39. The zero-order valence-corrected chi connectivity index (χ0v) is 14.1. The lowest BCUT2D eigenvalue weighted by Crippen LogP contribution is -3.13. The molecule has 23 heavy (non-hydrogen) atoms. The Bertz CT molecular complexity index is 688. The molecule has 0 spiro atoms. The van der Waals surface area contributed by atoms with Crippen molar-refractivity contribution in [2.24, 2.45) is 0 Å². The molecular formula is C18H21N2O2S+. The van der Waals surface area contributed by atoms with E-state index in [9.17, 15) is 9.59 Å². The molecule has 0 unspecified atom stereocenters. The maximum Gasteiger partial charge on any atom is 0.264 e. The summed E-state index contributed by atoms with van der Waals surface area (Å²) in [6, 6.07) is 14.0. The fourth-order valence-corrected chi connectivity index (χ4v) is 3.75. The van der Waals surface area contributed by atoms with Crippen LogP contribution in [-0.4, -0.2) is 42.8 Å². The summed E-state index contributed by atoms with van der Waals surface area (Å²) in [5, 5.41) is 0. The molecule has 0 aliphatic carbocycles. The van der Waals surface area contributed by atoms with Gasteiger partial charge in [0.1, 0.15) is 6.54 Å². The molecule has 1 N–H and O–H groups in total. The number of nitrogens with zero attached hydrogens (tertiary/aromatic N) is 1. The van der Waals surface area contributed by atoms with Gasteiger partial charge in [0.25, 0.3) is 5.91 Å². The van der Waals surface area contributed by atoms with Gasteiger partial charge in [0.05, 0.1) is 35.9 Å². The van der Waals surface area contributed by atoms with Crippen LogP contribution in [0.4, 0.5) is 0 Å². The standard InChI is InChI=1S/C18H20N2O2S/c1-14(21)16-7-8-17(23-16)18(22)20-11-9-19(10-12-20)13-15-5-3-2-4-6-15/h2-8H,9-13H2,1H3/p+1.